The highest BCUT2D eigenvalue weighted by Gasteiger charge is 2.15. The summed E-state index contributed by atoms with van der Waals surface area (Å²) in [5.74, 6) is -0.249. The van der Waals surface area contributed by atoms with Gasteiger partial charge in [-0.05, 0) is 18.2 Å². The van der Waals surface area contributed by atoms with Crippen molar-refractivity contribution in [1.82, 2.24) is 15.0 Å². The van der Waals surface area contributed by atoms with Gasteiger partial charge in [-0.25, -0.2) is 9.97 Å². The average molecular weight is 314 g/mol. The van der Waals surface area contributed by atoms with Gasteiger partial charge < -0.3 is 5.32 Å². The van der Waals surface area contributed by atoms with Crippen LogP contribution in [0.2, 0.25) is 0 Å². The number of carbonyl (C=O) groups is 1. The number of hydrogen-bond acceptors (Lipinski definition) is 6. The summed E-state index contributed by atoms with van der Waals surface area (Å²) in [5, 5.41) is 5.96. The van der Waals surface area contributed by atoms with Crippen molar-refractivity contribution < 1.29 is 4.79 Å². The lowest BCUT2D eigenvalue weighted by Crippen LogP contribution is -2.11. The molecular weight excluding hydrogens is 304 g/mol. The van der Waals surface area contributed by atoms with E-state index in [4.69, 9.17) is 0 Å². The molecule has 0 spiro atoms. The highest BCUT2D eigenvalue weighted by molar-refractivity contribution is 7.19. The highest BCUT2D eigenvalue weighted by Crippen LogP contribution is 2.32. The topological polar surface area (TPSA) is 67.8 Å². The van der Waals surface area contributed by atoms with Gasteiger partial charge in [0.05, 0.1) is 11.2 Å². The van der Waals surface area contributed by atoms with Gasteiger partial charge in [0.15, 0.2) is 0 Å². The van der Waals surface area contributed by atoms with Crippen molar-refractivity contribution in [2.75, 3.05) is 5.32 Å². The van der Waals surface area contributed by atoms with E-state index in [1.54, 1.807) is 29.4 Å². The van der Waals surface area contributed by atoms with Crippen LogP contribution < -0.4 is 5.32 Å². The molecule has 0 saturated carbocycles. The summed E-state index contributed by atoms with van der Waals surface area (Å²) in [6.07, 6.45) is 5.06. The van der Waals surface area contributed by atoms with Crippen LogP contribution in [0.1, 0.15) is 16.2 Å². The predicted molar refractivity (Wildman–Crippen MR) is 85.5 cm³/mol. The number of hydrogen-bond donors (Lipinski definition) is 1. The summed E-state index contributed by atoms with van der Waals surface area (Å²) >= 11 is 2.76. The van der Waals surface area contributed by atoms with Crippen LogP contribution in [0.15, 0.2) is 42.0 Å². The summed E-state index contributed by atoms with van der Waals surface area (Å²) < 4.78 is 0. The van der Waals surface area contributed by atoms with Crippen LogP contribution in [-0.4, -0.2) is 20.9 Å². The van der Waals surface area contributed by atoms with Crippen molar-refractivity contribution in [3.05, 3.63) is 53.4 Å². The Morgan fingerprint density at radius 1 is 1.43 bits per heavy atom. The fourth-order valence-corrected chi connectivity index (χ4v) is 3.15. The normalized spacial score (nSPS) is 10.3. The molecule has 0 atom stereocenters. The smallest absolute Gasteiger partial charge is 0.275 e. The maximum Gasteiger partial charge on any atom is 0.275 e. The van der Waals surface area contributed by atoms with E-state index < -0.39 is 0 Å². The number of thiazole rings is 2. The molecule has 104 valence electrons. The molecule has 0 saturated heterocycles. The Kier molecular flexibility index (Phi) is 3.85. The van der Waals surface area contributed by atoms with Gasteiger partial charge in [-0.2, -0.15) is 0 Å². The van der Waals surface area contributed by atoms with E-state index in [1.807, 2.05) is 12.1 Å². The predicted octanol–water partition coefficient (Wildman–Crippen LogP) is 3.56. The number of aromatic nitrogens is 3. The first-order valence-electron chi connectivity index (χ1n) is 6.01. The van der Waals surface area contributed by atoms with E-state index in [9.17, 15) is 4.79 Å². The minimum Gasteiger partial charge on any atom is -0.310 e. The SMILES string of the molecule is C=Cc1nc(-c2cccnc2)sc1NC(=O)c1cscn1. The molecule has 0 radical (unpaired) electrons. The standard InChI is InChI=1S/C14H10N4OS2/c1-2-10-14(18-12(19)11-7-20-8-16-11)21-13(17-10)9-4-3-5-15-6-9/h2-8H,1H2,(H,18,19). The van der Waals surface area contributed by atoms with E-state index in [0.29, 0.717) is 16.4 Å². The number of nitrogens with zero attached hydrogens (tertiary/aromatic N) is 3. The summed E-state index contributed by atoms with van der Waals surface area (Å²) in [5.41, 5.74) is 3.56. The Bertz CT molecular complexity index is 766. The first kappa shape index (κ1) is 13.6. The highest BCUT2D eigenvalue weighted by atomic mass is 32.1. The van der Waals surface area contributed by atoms with Crippen molar-refractivity contribution >= 4 is 39.7 Å². The lowest BCUT2D eigenvalue weighted by atomic mass is 10.3. The Balaban J connectivity index is 1.90. The molecule has 1 N–H and O–H groups in total. The first-order chi connectivity index (χ1) is 10.3. The second-order valence-electron chi connectivity index (χ2n) is 4.01. The molecule has 3 rings (SSSR count). The molecule has 0 bridgehead atoms. The molecule has 0 aliphatic heterocycles. The van der Waals surface area contributed by atoms with Crippen LogP contribution in [0, 0.1) is 0 Å². The van der Waals surface area contributed by atoms with Crippen molar-refractivity contribution in [3.8, 4) is 10.6 Å². The summed E-state index contributed by atoms with van der Waals surface area (Å²) in [7, 11) is 0. The minimum absolute atomic E-state index is 0.249. The molecule has 21 heavy (non-hydrogen) atoms. The third kappa shape index (κ3) is 2.88. The second-order valence-corrected chi connectivity index (χ2v) is 5.72. The Labute approximate surface area is 129 Å². The van der Waals surface area contributed by atoms with Crippen LogP contribution in [0.5, 0.6) is 0 Å². The minimum atomic E-state index is -0.249. The molecule has 0 aliphatic rings. The number of anilines is 1. The summed E-state index contributed by atoms with van der Waals surface area (Å²) in [6.45, 7) is 3.73. The summed E-state index contributed by atoms with van der Waals surface area (Å²) in [4.78, 5) is 24.6. The quantitative estimate of drug-likeness (QED) is 0.799. The zero-order valence-electron chi connectivity index (χ0n) is 10.8. The largest absolute Gasteiger partial charge is 0.310 e. The number of amides is 1. The number of rotatable bonds is 4. The zero-order chi connectivity index (χ0) is 14.7. The van der Waals surface area contributed by atoms with E-state index >= 15 is 0 Å². The molecule has 0 unspecified atom stereocenters. The van der Waals surface area contributed by atoms with Gasteiger partial charge in [0.2, 0.25) is 0 Å². The number of carbonyl (C=O) groups excluding carboxylic acids is 1. The zero-order valence-corrected chi connectivity index (χ0v) is 12.4. The second kappa shape index (κ2) is 5.94. The van der Waals surface area contributed by atoms with Crippen LogP contribution in [0.25, 0.3) is 16.6 Å². The summed E-state index contributed by atoms with van der Waals surface area (Å²) in [6, 6.07) is 3.77. The Hall–Kier alpha value is -2.38. The van der Waals surface area contributed by atoms with Gasteiger partial charge in [0, 0.05) is 23.3 Å². The third-order valence-corrected chi connectivity index (χ3v) is 4.27. The maximum atomic E-state index is 12.1. The number of pyridine rings is 1. The van der Waals surface area contributed by atoms with Crippen LogP contribution in [0.3, 0.4) is 0 Å². The Morgan fingerprint density at radius 3 is 3.00 bits per heavy atom. The molecule has 0 fully saturated rings. The van der Waals surface area contributed by atoms with Crippen LogP contribution in [0.4, 0.5) is 5.00 Å². The molecule has 1 amide bonds. The molecule has 7 heteroatoms. The van der Waals surface area contributed by atoms with E-state index in [2.05, 4.69) is 26.8 Å². The van der Waals surface area contributed by atoms with Gasteiger partial charge >= 0.3 is 0 Å². The van der Waals surface area contributed by atoms with Gasteiger partial charge in [-0.1, -0.05) is 17.9 Å². The molecule has 5 nitrogen and oxygen atoms in total. The lowest BCUT2D eigenvalue weighted by molar-refractivity contribution is 0.102. The van der Waals surface area contributed by atoms with Crippen LogP contribution in [-0.2, 0) is 0 Å². The van der Waals surface area contributed by atoms with Crippen molar-refractivity contribution in [2.24, 2.45) is 0 Å². The van der Waals surface area contributed by atoms with Crippen molar-refractivity contribution in [3.63, 3.8) is 0 Å². The van der Waals surface area contributed by atoms with Gasteiger partial charge in [-0.15, -0.1) is 11.3 Å². The van der Waals surface area contributed by atoms with Gasteiger partial charge in [0.25, 0.3) is 5.91 Å². The molecule has 0 aromatic carbocycles. The first-order valence-corrected chi connectivity index (χ1v) is 7.77. The molecule has 0 aliphatic carbocycles. The monoisotopic (exact) mass is 314 g/mol. The van der Waals surface area contributed by atoms with E-state index in [1.165, 1.54) is 22.7 Å². The third-order valence-electron chi connectivity index (χ3n) is 2.65. The van der Waals surface area contributed by atoms with Gasteiger partial charge in [0.1, 0.15) is 15.7 Å². The fraction of sp³-hybridized carbons (Fsp3) is 0. The molecule has 3 aromatic heterocycles. The maximum absolute atomic E-state index is 12.1. The van der Waals surface area contributed by atoms with E-state index in [-0.39, 0.29) is 5.91 Å². The van der Waals surface area contributed by atoms with Gasteiger partial charge in [-0.3, -0.25) is 9.78 Å². The number of nitrogens with one attached hydrogen (secondary N) is 1. The molecule has 3 heterocycles. The Morgan fingerprint density at radius 2 is 2.33 bits per heavy atom. The van der Waals surface area contributed by atoms with E-state index in [0.717, 1.165) is 10.6 Å². The lowest BCUT2D eigenvalue weighted by Gasteiger charge is -1.99. The van der Waals surface area contributed by atoms with Crippen LogP contribution >= 0.6 is 22.7 Å². The molecule has 3 aromatic rings. The van der Waals surface area contributed by atoms with Crippen molar-refractivity contribution in [1.29, 1.82) is 0 Å². The molecular formula is C14H10N4OS2. The van der Waals surface area contributed by atoms with Crippen molar-refractivity contribution in [2.45, 2.75) is 0 Å². The fourth-order valence-electron chi connectivity index (χ4n) is 1.66. The average Bonchev–Trinajstić information content (AvgIpc) is 3.17.